The van der Waals surface area contributed by atoms with E-state index in [1.54, 1.807) is 0 Å². The molecule has 2 atom stereocenters. The zero-order valence-corrected chi connectivity index (χ0v) is 28.8. The normalized spacial score (nSPS) is 20.5. The lowest BCUT2D eigenvalue weighted by atomic mass is 9.55. The average molecular weight is 598 g/mol. The number of fused-ring (bicyclic) bond motifs is 8. The number of pyridine rings is 1. The summed E-state index contributed by atoms with van der Waals surface area (Å²) in [5, 5.41) is 3.88. The molecule has 0 fully saturated rings. The summed E-state index contributed by atoms with van der Waals surface area (Å²) in [6.07, 6.45) is 9.36. The SMILES string of the molecule is Cc1c[n+]2c(cc1-c1cnc(-c3c(C(C)C)cccc3C(C)C)s1)-c1cc(C(C)(C)C)c3ccccc3c1C1(C)C=CC21C. The molecule has 3 aromatic carbocycles. The minimum atomic E-state index is -0.133. The Morgan fingerprint density at radius 3 is 2.07 bits per heavy atom. The van der Waals surface area contributed by atoms with Crippen molar-refractivity contribution in [1.82, 2.24) is 4.98 Å². The largest absolute Gasteiger partial charge is 0.244 e. The van der Waals surface area contributed by atoms with Gasteiger partial charge in [-0.2, -0.15) is 4.57 Å². The lowest BCUT2D eigenvalue weighted by molar-refractivity contribution is -0.754. The van der Waals surface area contributed by atoms with Crippen LogP contribution < -0.4 is 4.57 Å². The van der Waals surface area contributed by atoms with Gasteiger partial charge in [0.05, 0.1) is 15.9 Å². The van der Waals surface area contributed by atoms with Crippen LogP contribution in [-0.2, 0) is 16.4 Å². The predicted octanol–water partition coefficient (Wildman–Crippen LogP) is 11.0. The van der Waals surface area contributed by atoms with Crippen LogP contribution in [0.4, 0.5) is 0 Å². The van der Waals surface area contributed by atoms with E-state index in [0.717, 1.165) is 5.01 Å². The Morgan fingerprint density at radius 2 is 1.48 bits per heavy atom. The number of aryl methyl sites for hydroxylation is 1. The van der Waals surface area contributed by atoms with Crippen LogP contribution in [0, 0.1) is 6.92 Å². The molecule has 3 heterocycles. The minimum Gasteiger partial charge on any atom is -0.244 e. The number of allylic oxidation sites excluding steroid dienone is 2. The number of nitrogens with zero attached hydrogens (tertiary/aromatic N) is 2. The van der Waals surface area contributed by atoms with E-state index < -0.39 is 0 Å². The third kappa shape index (κ3) is 3.97. The van der Waals surface area contributed by atoms with Gasteiger partial charge in [-0.1, -0.05) is 97.0 Å². The first-order valence-corrected chi connectivity index (χ1v) is 17.0. The van der Waals surface area contributed by atoms with Gasteiger partial charge >= 0.3 is 0 Å². The Labute approximate surface area is 267 Å². The molecular weight excluding hydrogens is 553 g/mol. The van der Waals surface area contributed by atoms with Crippen LogP contribution in [0.15, 0.2) is 79.1 Å². The van der Waals surface area contributed by atoms with Gasteiger partial charge in [0.15, 0.2) is 11.7 Å². The van der Waals surface area contributed by atoms with Crippen molar-refractivity contribution in [3.63, 3.8) is 0 Å². The molecule has 0 spiro atoms. The summed E-state index contributed by atoms with van der Waals surface area (Å²) in [4.78, 5) is 6.33. The van der Waals surface area contributed by atoms with Gasteiger partial charge in [-0.25, -0.2) is 4.98 Å². The van der Waals surface area contributed by atoms with E-state index in [1.165, 1.54) is 65.9 Å². The Bertz CT molecular complexity index is 1970. The first-order valence-electron chi connectivity index (χ1n) is 16.2. The minimum absolute atomic E-state index is 0.0224. The van der Waals surface area contributed by atoms with Crippen LogP contribution in [-0.4, -0.2) is 4.98 Å². The van der Waals surface area contributed by atoms with Crippen molar-refractivity contribution in [2.45, 2.75) is 97.4 Å². The van der Waals surface area contributed by atoms with Crippen molar-refractivity contribution in [2.24, 2.45) is 0 Å². The molecule has 0 N–H and O–H groups in total. The predicted molar refractivity (Wildman–Crippen MR) is 188 cm³/mol. The van der Waals surface area contributed by atoms with Crippen LogP contribution in [0.25, 0.3) is 43.0 Å². The fourth-order valence-corrected chi connectivity index (χ4v) is 8.91. The molecule has 1 aliphatic carbocycles. The molecule has 2 nitrogen and oxygen atoms in total. The Balaban J connectivity index is 1.48. The topological polar surface area (TPSA) is 16.8 Å². The number of aromatic nitrogens is 2. The molecule has 7 rings (SSSR count). The van der Waals surface area contributed by atoms with Gasteiger partial charge in [-0.05, 0) is 76.3 Å². The highest BCUT2D eigenvalue weighted by atomic mass is 32.1. The summed E-state index contributed by atoms with van der Waals surface area (Å²) >= 11 is 1.84. The summed E-state index contributed by atoms with van der Waals surface area (Å²) in [5.41, 5.74) is 12.0. The molecule has 44 heavy (non-hydrogen) atoms. The summed E-state index contributed by atoms with van der Waals surface area (Å²) in [7, 11) is 0. The third-order valence-corrected chi connectivity index (χ3v) is 11.6. The van der Waals surface area contributed by atoms with Gasteiger partial charge in [0.1, 0.15) is 5.01 Å². The maximum Gasteiger partial charge on any atom is 0.214 e. The van der Waals surface area contributed by atoms with Crippen molar-refractivity contribution >= 4 is 22.1 Å². The second-order valence-electron chi connectivity index (χ2n) is 15.1. The summed E-state index contributed by atoms with van der Waals surface area (Å²) < 4.78 is 2.56. The second kappa shape index (κ2) is 9.72. The average Bonchev–Trinajstić information content (AvgIpc) is 3.47. The molecule has 2 unspecified atom stereocenters. The quantitative estimate of drug-likeness (QED) is 0.149. The first-order chi connectivity index (χ1) is 20.8. The molecule has 5 aromatic rings. The van der Waals surface area contributed by atoms with Gasteiger partial charge in [-0.3, -0.25) is 0 Å². The molecule has 0 amide bonds. The lowest BCUT2D eigenvalue weighted by Gasteiger charge is -2.50. The van der Waals surface area contributed by atoms with Crippen molar-refractivity contribution in [1.29, 1.82) is 0 Å². The second-order valence-corrected chi connectivity index (χ2v) is 16.1. The Morgan fingerprint density at radius 1 is 0.818 bits per heavy atom. The van der Waals surface area contributed by atoms with E-state index in [2.05, 4.69) is 153 Å². The van der Waals surface area contributed by atoms with Crippen molar-refractivity contribution in [3.05, 3.63) is 107 Å². The van der Waals surface area contributed by atoms with Gasteiger partial charge in [-0.15, -0.1) is 11.3 Å². The highest BCUT2D eigenvalue weighted by Crippen LogP contribution is 2.56. The number of thiazole rings is 1. The zero-order chi connectivity index (χ0) is 31.3. The third-order valence-electron chi connectivity index (χ3n) is 10.6. The van der Waals surface area contributed by atoms with Crippen LogP contribution >= 0.6 is 11.3 Å². The molecule has 0 saturated heterocycles. The summed E-state index contributed by atoms with van der Waals surface area (Å²) in [6, 6.07) is 20.8. The monoisotopic (exact) mass is 597 g/mol. The lowest BCUT2D eigenvalue weighted by Crippen LogP contribution is -2.70. The number of hydrogen-bond donors (Lipinski definition) is 0. The van der Waals surface area contributed by atoms with Crippen LogP contribution in [0.5, 0.6) is 0 Å². The maximum absolute atomic E-state index is 5.10. The van der Waals surface area contributed by atoms with Crippen LogP contribution in [0.1, 0.15) is 102 Å². The summed E-state index contributed by atoms with van der Waals surface area (Å²) in [5.74, 6) is 0.874. The summed E-state index contributed by atoms with van der Waals surface area (Å²) in [6.45, 7) is 23.3. The smallest absolute Gasteiger partial charge is 0.214 e. The number of hydrogen-bond acceptors (Lipinski definition) is 2. The first kappa shape index (κ1) is 29.2. The van der Waals surface area contributed by atoms with E-state index in [-0.39, 0.29) is 16.4 Å². The molecule has 0 saturated carbocycles. The number of benzene rings is 3. The molecule has 2 aliphatic rings. The maximum atomic E-state index is 5.10. The molecule has 2 aromatic heterocycles. The van der Waals surface area contributed by atoms with Gasteiger partial charge in [0.25, 0.3) is 0 Å². The van der Waals surface area contributed by atoms with E-state index >= 15 is 0 Å². The van der Waals surface area contributed by atoms with Crippen LogP contribution in [0.3, 0.4) is 0 Å². The van der Waals surface area contributed by atoms with Crippen molar-refractivity contribution in [2.75, 3.05) is 0 Å². The van der Waals surface area contributed by atoms with Gasteiger partial charge in [0, 0.05) is 35.9 Å². The fourth-order valence-electron chi connectivity index (χ4n) is 7.82. The highest BCUT2D eigenvalue weighted by Gasteiger charge is 2.61. The van der Waals surface area contributed by atoms with Crippen LogP contribution in [0.2, 0.25) is 0 Å². The van der Waals surface area contributed by atoms with E-state index in [4.69, 9.17) is 4.98 Å². The van der Waals surface area contributed by atoms with Gasteiger partial charge in [0.2, 0.25) is 5.69 Å². The molecule has 1 aliphatic heterocycles. The molecule has 224 valence electrons. The van der Waals surface area contributed by atoms with Gasteiger partial charge < -0.3 is 0 Å². The molecular formula is C41H45N2S+. The standard InChI is InChI=1S/C41H45N2S/c1-24(2)27-16-13-17-28(25(3)4)36(27)38-42-22-35(44-38)31-21-34-32-20-33(39(6,7)8)29-14-11-12-15-30(29)37(32)40(9)18-19-41(40,10)43(34)23-26(31)5/h11-25H,1-10H3/q+1. The van der Waals surface area contributed by atoms with E-state index in [0.29, 0.717) is 11.8 Å². The molecule has 3 heteroatoms. The van der Waals surface area contributed by atoms with E-state index in [1.807, 2.05) is 11.3 Å². The fraction of sp³-hybridized carbons (Fsp3) is 0.366. The highest BCUT2D eigenvalue weighted by molar-refractivity contribution is 7.18. The van der Waals surface area contributed by atoms with E-state index in [9.17, 15) is 0 Å². The van der Waals surface area contributed by atoms with Crippen molar-refractivity contribution < 1.29 is 4.57 Å². The Kier molecular flexibility index (Phi) is 6.44. The number of rotatable bonds is 4. The Hall–Kier alpha value is -3.56. The molecule has 0 radical (unpaired) electrons. The molecule has 0 bridgehead atoms. The van der Waals surface area contributed by atoms with Crippen molar-refractivity contribution in [3.8, 4) is 32.3 Å². The zero-order valence-electron chi connectivity index (χ0n) is 28.0.